The monoisotopic (exact) mass is 361 g/mol. The lowest BCUT2D eigenvalue weighted by Crippen LogP contribution is -2.43. The molecular weight excluding hydrogens is 334 g/mol. The highest BCUT2D eigenvalue weighted by Gasteiger charge is 2.26. The molecule has 0 bridgehead atoms. The zero-order valence-corrected chi connectivity index (χ0v) is 16.2. The number of hydrogen-bond donors (Lipinski definition) is 0. The molecule has 0 unspecified atom stereocenters. The number of likely N-dealkylation sites (tertiary alicyclic amines) is 1. The Balaban J connectivity index is 1.83. The fraction of sp³-hybridized carbons (Fsp3) is 0.579. The van der Waals surface area contributed by atoms with Gasteiger partial charge in [0.2, 0.25) is 0 Å². The van der Waals surface area contributed by atoms with Crippen molar-refractivity contribution < 1.29 is 0 Å². The SMILES string of the molecule is CCc1nn(C)c(Cl)c1CN(Cc1cccnc1)C1CCN(C)CC1. The van der Waals surface area contributed by atoms with Gasteiger partial charge in [-0.3, -0.25) is 14.6 Å². The molecule has 0 atom stereocenters. The second-order valence-electron chi connectivity index (χ2n) is 6.99. The minimum atomic E-state index is 0.567. The zero-order valence-electron chi connectivity index (χ0n) is 15.5. The molecule has 3 heterocycles. The molecule has 25 heavy (non-hydrogen) atoms. The van der Waals surface area contributed by atoms with Crippen molar-refractivity contribution in [1.29, 1.82) is 0 Å². The Morgan fingerprint density at radius 2 is 2.00 bits per heavy atom. The van der Waals surface area contributed by atoms with Gasteiger partial charge in [0.1, 0.15) is 5.15 Å². The summed E-state index contributed by atoms with van der Waals surface area (Å²) in [6, 6.07) is 4.73. The molecule has 5 nitrogen and oxygen atoms in total. The number of aryl methyl sites for hydroxylation is 2. The van der Waals surface area contributed by atoms with Gasteiger partial charge in [0.15, 0.2) is 0 Å². The lowest BCUT2D eigenvalue weighted by molar-refractivity contribution is 0.108. The number of nitrogens with zero attached hydrogens (tertiary/aromatic N) is 5. The fourth-order valence-electron chi connectivity index (χ4n) is 3.64. The standard InChI is InChI=1S/C19H28ClN5/c1-4-18-17(19(20)24(3)22-18)14-25(13-15-6-5-9-21-12-15)16-7-10-23(2)11-8-16/h5-6,9,12,16H,4,7-8,10-11,13-14H2,1-3H3. The van der Waals surface area contributed by atoms with Crippen LogP contribution in [0.5, 0.6) is 0 Å². The Kier molecular flexibility index (Phi) is 6.10. The van der Waals surface area contributed by atoms with Crippen LogP contribution in [0.4, 0.5) is 0 Å². The van der Waals surface area contributed by atoms with Crippen LogP contribution in [0.3, 0.4) is 0 Å². The molecule has 0 radical (unpaired) electrons. The van der Waals surface area contributed by atoms with Crippen LogP contribution in [0.15, 0.2) is 24.5 Å². The highest BCUT2D eigenvalue weighted by Crippen LogP contribution is 2.26. The second kappa shape index (κ2) is 8.30. The van der Waals surface area contributed by atoms with Gasteiger partial charge >= 0.3 is 0 Å². The summed E-state index contributed by atoms with van der Waals surface area (Å²) in [5.74, 6) is 0. The Labute approximate surface area is 155 Å². The molecule has 3 rings (SSSR count). The normalized spacial score (nSPS) is 16.7. The molecule has 6 heteroatoms. The predicted molar refractivity (Wildman–Crippen MR) is 102 cm³/mol. The largest absolute Gasteiger partial charge is 0.306 e. The summed E-state index contributed by atoms with van der Waals surface area (Å²) in [5.41, 5.74) is 3.53. The third-order valence-electron chi connectivity index (χ3n) is 5.16. The van der Waals surface area contributed by atoms with Crippen LogP contribution >= 0.6 is 11.6 Å². The van der Waals surface area contributed by atoms with E-state index in [1.165, 1.54) is 24.0 Å². The summed E-state index contributed by atoms with van der Waals surface area (Å²) in [5, 5.41) is 5.35. The van der Waals surface area contributed by atoms with E-state index in [1.807, 2.05) is 25.5 Å². The van der Waals surface area contributed by atoms with E-state index < -0.39 is 0 Å². The summed E-state index contributed by atoms with van der Waals surface area (Å²) in [7, 11) is 4.13. The third-order valence-corrected chi connectivity index (χ3v) is 5.63. The van der Waals surface area contributed by atoms with Gasteiger partial charge in [-0.1, -0.05) is 24.6 Å². The van der Waals surface area contributed by atoms with Crippen molar-refractivity contribution in [3.63, 3.8) is 0 Å². The van der Waals surface area contributed by atoms with Crippen molar-refractivity contribution in [3.05, 3.63) is 46.5 Å². The average molecular weight is 362 g/mol. The molecule has 1 fully saturated rings. The summed E-state index contributed by atoms with van der Waals surface area (Å²) >= 11 is 6.56. The topological polar surface area (TPSA) is 37.2 Å². The van der Waals surface area contributed by atoms with Crippen LogP contribution in [0.2, 0.25) is 5.15 Å². The van der Waals surface area contributed by atoms with E-state index in [0.29, 0.717) is 6.04 Å². The summed E-state index contributed by atoms with van der Waals surface area (Å²) in [4.78, 5) is 9.25. The summed E-state index contributed by atoms with van der Waals surface area (Å²) in [6.07, 6.45) is 7.08. The van der Waals surface area contributed by atoms with E-state index in [-0.39, 0.29) is 0 Å². The van der Waals surface area contributed by atoms with Crippen LogP contribution in [-0.4, -0.2) is 50.7 Å². The molecule has 0 spiro atoms. The minimum Gasteiger partial charge on any atom is -0.306 e. The van der Waals surface area contributed by atoms with Gasteiger partial charge in [0.05, 0.1) is 5.69 Å². The fourth-order valence-corrected chi connectivity index (χ4v) is 3.85. The molecule has 1 saturated heterocycles. The first-order valence-electron chi connectivity index (χ1n) is 9.10. The van der Waals surface area contributed by atoms with Crippen LogP contribution in [0, 0.1) is 0 Å². The lowest BCUT2D eigenvalue weighted by Gasteiger charge is -2.37. The van der Waals surface area contributed by atoms with Crippen LogP contribution in [0.25, 0.3) is 0 Å². The van der Waals surface area contributed by atoms with E-state index in [4.69, 9.17) is 11.6 Å². The van der Waals surface area contributed by atoms with Crippen molar-refractivity contribution in [2.75, 3.05) is 20.1 Å². The van der Waals surface area contributed by atoms with Crippen molar-refractivity contribution >= 4 is 11.6 Å². The van der Waals surface area contributed by atoms with E-state index in [0.717, 1.165) is 43.4 Å². The van der Waals surface area contributed by atoms with Gasteiger partial charge < -0.3 is 4.90 Å². The first-order valence-corrected chi connectivity index (χ1v) is 9.48. The number of piperidine rings is 1. The van der Waals surface area contributed by atoms with E-state index in [1.54, 1.807) is 4.68 Å². The van der Waals surface area contributed by atoms with Gasteiger partial charge in [-0.05, 0) is 51.0 Å². The minimum absolute atomic E-state index is 0.567. The quantitative estimate of drug-likeness (QED) is 0.792. The van der Waals surface area contributed by atoms with E-state index in [2.05, 4.69) is 39.9 Å². The Morgan fingerprint density at radius 1 is 1.24 bits per heavy atom. The molecule has 0 saturated carbocycles. The van der Waals surface area contributed by atoms with Crippen molar-refractivity contribution in [3.8, 4) is 0 Å². The number of hydrogen-bond acceptors (Lipinski definition) is 4. The van der Waals surface area contributed by atoms with Crippen molar-refractivity contribution in [2.45, 2.75) is 45.3 Å². The Hall–Kier alpha value is -1.43. The van der Waals surface area contributed by atoms with Gasteiger partial charge in [-0.15, -0.1) is 0 Å². The predicted octanol–water partition coefficient (Wildman–Crippen LogP) is 3.13. The number of pyridine rings is 1. The molecule has 0 aliphatic carbocycles. The highest BCUT2D eigenvalue weighted by atomic mass is 35.5. The van der Waals surface area contributed by atoms with Crippen molar-refractivity contribution in [1.82, 2.24) is 24.6 Å². The number of rotatable bonds is 6. The maximum atomic E-state index is 6.56. The number of halogens is 1. The molecule has 2 aromatic rings. The number of aromatic nitrogens is 3. The highest BCUT2D eigenvalue weighted by molar-refractivity contribution is 6.30. The smallest absolute Gasteiger partial charge is 0.131 e. The molecule has 0 N–H and O–H groups in total. The molecule has 1 aliphatic rings. The third kappa shape index (κ3) is 4.40. The van der Waals surface area contributed by atoms with Crippen LogP contribution < -0.4 is 0 Å². The maximum Gasteiger partial charge on any atom is 0.131 e. The summed E-state index contributed by atoms with van der Waals surface area (Å²) in [6.45, 7) is 6.18. The molecule has 2 aromatic heterocycles. The summed E-state index contributed by atoms with van der Waals surface area (Å²) < 4.78 is 1.80. The first kappa shape index (κ1) is 18.4. The average Bonchev–Trinajstić information content (AvgIpc) is 2.90. The zero-order chi connectivity index (χ0) is 17.8. The molecule has 136 valence electrons. The van der Waals surface area contributed by atoms with Gasteiger partial charge in [0.25, 0.3) is 0 Å². The second-order valence-corrected chi connectivity index (χ2v) is 7.35. The molecule has 0 aromatic carbocycles. The van der Waals surface area contributed by atoms with Crippen molar-refractivity contribution in [2.24, 2.45) is 7.05 Å². The maximum absolute atomic E-state index is 6.56. The van der Waals surface area contributed by atoms with Gasteiger partial charge in [-0.25, -0.2) is 0 Å². The molecular formula is C19H28ClN5. The Bertz CT molecular complexity index is 677. The first-order chi connectivity index (χ1) is 12.1. The molecule has 0 amide bonds. The Morgan fingerprint density at radius 3 is 2.64 bits per heavy atom. The van der Waals surface area contributed by atoms with Crippen LogP contribution in [-0.2, 0) is 26.6 Å². The van der Waals surface area contributed by atoms with Gasteiger partial charge in [-0.2, -0.15) is 5.10 Å². The van der Waals surface area contributed by atoms with Gasteiger partial charge in [0, 0.05) is 44.1 Å². The van der Waals surface area contributed by atoms with E-state index in [9.17, 15) is 0 Å². The van der Waals surface area contributed by atoms with E-state index >= 15 is 0 Å². The lowest BCUT2D eigenvalue weighted by atomic mass is 10.0. The molecule has 1 aliphatic heterocycles. The van der Waals surface area contributed by atoms with Crippen LogP contribution in [0.1, 0.15) is 36.6 Å².